The molecule has 0 aromatic heterocycles. The van der Waals surface area contributed by atoms with E-state index >= 15 is 0 Å². The number of nitrogens with zero attached hydrogens (tertiary/aromatic N) is 1. The average molecular weight is 410 g/mol. The van der Waals surface area contributed by atoms with Crippen LogP contribution in [-0.2, 0) is 19.1 Å². The van der Waals surface area contributed by atoms with Crippen LogP contribution in [0.25, 0.3) is 0 Å². The number of aliphatic hydroxyl groups excluding tert-OH is 1. The van der Waals surface area contributed by atoms with Crippen molar-refractivity contribution in [2.45, 2.75) is 76.7 Å². The highest BCUT2D eigenvalue weighted by atomic mass is 16.5. The zero-order valence-electron chi connectivity index (χ0n) is 17.9. The summed E-state index contributed by atoms with van der Waals surface area (Å²) in [4.78, 5) is 41.1. The van der Waals surface area contributed by atoms with Gasteiger partial charge in [0, 0.05) is 13.6 Å². The van der Waals surface area contributed by atoms with E-state index in [1.54, 1.807) is 11.9 Å². The predicted octanol–water partition coefficient (Wildman–Crippen LogP) is 0.430. The molecule has 29 heavy (non-hydrogen) atoms. The first-order valence-corrected chi connectivity index (χ1v) is 11.0. The number of unbranched alkanes of at least 4 members (excludes halogenated alkanes) is 1. The highest BCUT2D eigenvalue weighted by molar-refractivity contribution is 5.99. The first-order chi connectivity index (χ1) is 13.9. The third-order valence-corrected chi connectivity index (χ3v) is 7.21. The van der Waals surface area contributed by atoms with Crippen molar-refractivity contribution in [3.05, 3.63) is 0 Å². The molecule has 0 aliphatic carbocycles. The summed E-state index contributed by atoms with van der Waals surface area (Å²) < 4.78 is 6.30. The van der Waals surface area contributed by atoms with Crippen LogP contribution in [0.3, 0.4) is 0 Å². The molecular weight excluding hydrogens is 374 g/mol. The van der Waals surface area contributed by atoms with E-state index in [0.29, 0.717) is 19.4 Å². The maximum absolute atomic E-state index is 13.6. The van der Waals surface area contributed by atoms with Crippen LogP contribution >= 0.6 is 0 Å². The molecule has 0 aromatic rings. The molecule has 8 nitrogen and oxygen atoms in total. The number of hydrogen-bond donors (Lipinski definition) is 3. The number of hydrogen-bond acceptors (Lipinski definition) is 5. The highest BCUT2D eigenvalue weighted by Crippen LogP contribution is 2.59. The molecular formula is C21H35N3O5. The Morgan fingerprint density at radius 1 is 1.34 bits per heavy atom. The van der Waals surface area contributed by atoms with Crippen LogP contribution in [0.5, 0.6) is 0 Å². The van der Waals surface area contributed by atoms with Crippen molar-refractivity contribution in [2.75, 3.05) is 20.2 Å². The van der Waals surface area contributed by atoms with Gasteiger partial charge in [-0.1, -0.05) is 33.6 Å². The van der Waals surface area contributed by atoms with Gasteiger partial charge in [-0.15, -0.1) is 0 Å². The summed E-state index contributed by atoms with van der Waals surface area (Å²) >= 11 is 0. The van der Waals surface area contributed by atoms with Gasteiger partial charge in [0.2, 0.25) is 17.7 Å². The van der Waals surface area contributed by atoms with Crippen LogP contribution in [0.2, 0.25) is 0 Å². The van der Waals surface area contributed by atoms with Crippen LogP contribution in [-0.4, -0.2) is 71.7 Å². The number of carbonyl (C=O) groups is 3. The van der Waals surface area contributed by atoms with Crippen LogP contribution < -0.4 is 10.6 Å². The molecule has 3 aliphatic rings. The summed E-state index contributed by atoms with van der Waals surface area (Å²) in [7, 11) is 1.56. The number of ether oxygens (including phenoxy) is 1. The molecule has 0 radical (unpaired) electrons. The van der Waals surface area contributed by atoms with Crippen LogP contribution in [0, 0.1) is 17.8 Å². The van der Waals surface area contributed by atoms with Crippen LogP contribution in [0.4, 0.5) is 0 Å². The Morgan fingerprint density at radius 2 is 2.07 bits per heavy atom. The monoisotopic (exact) mass is 409 g/mol. The number of likely N-dealkylation sites (tertiary alicyclic amines) is 1. The second-order valence-electron chi connectivity index (χ2n) is 8.70. The van der Waals surface area contributed by atoms with Gasteiger partial charge in [-0.3, -0.25) is 14.4 Å². The number of fused-ring (bicyclic) bond motifs is 1. The van der Waals surface area contributed by atoms with Crippen molar-refractivity contribution < 1.29 is 24.2 Å². The molecule has 3 rings (SSSR count). The molecule has 0 saturated carbocycles. The second-order valence-corrected chi connectivity index (χ2v) is 8.70. The maximum Gasteiger partial charge on any atom is 0.245 e. The molecule has 3 saturated heterocycles. The van der Waals surface area contributed by atoms with Crippen molar-refractivity contribution in [1.29, 1.82) is 0 Å². The molecule has 3 N–H and O–H groups in total. The van der Waals surface area contributed by atoms with E-state index in [-0.39, 0.29) is 36.4 Å². The Labute approximate surface area is 172 Å². The van der Waals surface area contributed by atoms with E-state index in [2.05, 4.69) is 10.6 Å². The Kier molecular flexibility index (Phi) is 6.53. The normalized spacial score (nSPS) is 34.8. The van der Waals surface area contributed by atoms with Crippen LogP contribution in [0.15, 0.2) is 0 Å². The number of amides is 3. The summed E-state index contributed by atoms with van der Waals surface area (Å²) in [5.41, 5.74) is -0.990. The third-order valence-electron chi connectivity index (χ3n) is 7.21. The Hall–Kier alpha value is -1.67. The number of nitrogens with one attached hydrogen (secondary N) is 2. The number of rotatable bonds is 9. The number of carbonyl (C=O) groups excluding carboxylic acids is 3. The molecule has 2 bridgehead atoms. The van der Waals surface area contributed by atoms with Gasteiger partial charge in [0.05, 0.1) is 30.6 Å². The lowest BCUT2D eigenvalue weighted by Gasteiger charge is -2.38. The van der Waals surface area contributed by atoms with Gasteiger partial charge in [-0.05, 0) is 25.2 Å². The van der Waals surface area contributed by atoms with Crippen molar-refractivity contribution >= 4 is 17.7 Å². The quantitative estimate of drug-likeness (QED) is 0.479. The van der Waals surface area contributed by atoms with Crippen molar-refractivity contribution in [2.24, 2.45) is 17.8 Å². The highest BCUT2D eigenvalue weighted by Gasteiger charge is 2.75. The Bertz CT molecular complexity index is 656. The van der Waals surface area contributed by atoms with E-state index < -0.39 is 29.5 Å². The van der Waals surface area contributed by atoms with E-state index in [9.17, 15) is 19.5 Å². The Balaban J connectivity index is 2.02. The van der Waals surface area contributed by atoms with E-state index in [1.807, 2.05) is 20.8 Å². The molecule has 7 atom stereocenters. The van der Waals surface area contributed by atoms with Gasteiger partial charge in [0.1, 0.15) is 11.6 Å². The fourth-order valence-electron chi connectivity index (χ4n) is 5.51. The van der Waals surface area contributed by atoms with Crippen molar-refractivity contribution in [3.8, 4) is 0 Å². The zero-order valence-corrected chi connectivity index (χ0v) is 17.9. The standard InChI is InChI=1S/C21H35N3O5/c1-5-7-10-23-19(27)17-21-9-8-14(29-21)15(18(26)22-4)16(21)20(28)24(17)13(11-25)12(3)6-2/h12-17,25H,5-11H2,1-4H3,(H,22,26)(H,23,27)/t12-,13-,14+,15-,16-,17?,21?/m0/s1. The molecule has 3 fully saturated rings. The SMILES string of the molecule is CCCCNC(=O)C1N([C@@H](CO)[C@@H](C)CC)C(=O)[C@@H]2[C@@H](C(=O)NC)[C@H]3CCC12O3. The summed E-state index contributed by atoms with van der Waals surface area (Å²) in [5.74, 6) is -1.95. The fraction of sp³-hybridized carbons (Fsp3) is 0.857. The van der Waals surface area contributed by atoms with Gasteiger partial charge in [-0.2, -0.15) is 0 Å². The molecule has 3 aliphatic heterocycles. The topological polar surface area (TPSA) is 108 Å². The minimum absolute atomic E-state index is 0.0146. The predicted molar refractivity (Wildman–Crippen MR) is 107 cm³/mol. The van der Waals surface area contributed by atoms with Gasteiger partial charge >= 0.3 is 0 Å². The fourth-order valence-corrected chi connectivity index (χ4v) is 5.51. The summed E-state index contributed by atoms with van der Waals surface area (Å²) in [6.45, 7) is 6.33. The third kappa shape index (κ3) is 3.34. The lowest BCUT2D eigenvalue weighted by Crippen LogP contribution is -2.59. The van der Waals surface area contributed by atoms with Gasteiger partial charge in [0.25, 0.3) is 0 Å². The molecule has 1 spiro atoms. The van der Waals surface area contributed by atoms with E-state index in [0.717, 1.165) is 19.3 Å². The molecule has 3 heterocycles. The lowest BCUT2D eigenvalue weighted by atomic mass is 9.70. The second kappa shape index (κ2) is 8.60. The van der Waals surface area contributed by atoms with Gasteiger partial charge in [0.15, 0.2) is 0 Å². The molecule has 8 heteroatoms. The summed E-state index contributed by atoms with van der Waals surface area (Å²) in [6.07, 6.45) is 3.45. The van der Waals surface area contributed by atoms with E-state index in [1.165, 1.54) is 0 Å². The van der Waals surface area contributed by atoms with Crippen molar-refractivity contribution in [1.82, 2.24) is 15.5 Å². The minimum Gasteiger partial charge on any atom is -0.394 e. The van der Waals surface area contributed by atoms with Gasteiger partial charge < -0.3 is 25.4 Å². The van der Waals surface area contributed by atoms with Crippen LogP contribution in [0.1, 0.15) is 52.9 Å². The molecule has 164 valence electrons. The molecule has 3 amide bonds. The first kappa shape index (κ1) is 22.0. The average Bonchev–Trinajstić information content (AvgIpc) is 3.36. The van der Waals surface area contributed by atoms with Gasteiger partial charge in [-0.25, -0.2) is 0 Å². The molecule has 2 unspecified atom stereocenters. The Morgan fingerprint density at radius 3 is 2.66 bits per heavy atom. The molecule has 0 aromatic carbocycles. The zero-order chi connectivity index (χ0) is 21.3. The first-order valence-electron chi connectivity index (χ1n) is 11.0. The minimum atomic E-state index is -0.990. The largest absolute Gasteiger partial charge is 0.394 e. The summed E-state index contributed by atoms with van der Waals surface area (Å²) in [5, 5.41) is 15.8. The smallest absolute Gasteiger partial charge is 0.245 e. The number of aliphatic hydroxyl groups is 1. The van der Waals surface area contributed by atoms with E-state index in [4.69, 9.17) is 4.74 Å². The maximum atomic E-state index is 13.6. The van der Waals surface area contributed by atoms with Crippen molar-refractivity contribution in [3.63, 3.8) is 0 Å². The summed E-state index contributed by atoms with van der Waals surface area (Å²) in [6, 6.07) is -1.30. The lowest BCUT2D eigenvalue weighted by molar-refractivity contribution is -0.147.